The van der Waals surface area contributed by atoms with Crippen molar-refractivity contribution in [3.8, 4) is 11.5 Å². The number of hydrogen-bond donors (Lipinski definition) is 4. The molecule has 3 aromatic rings. The van der Waals surface area contributed by atoms with Crippen molar-refractivity contribution in [2.75, 3.05) is 5.32 Å². The predicted molar refractivity (Wildman–Crippen MR) is 110 cm³/mol. The predicted octanol–water partition coefficient (Wildman–Crippen LogP) is 3.42. The smallest absolute Gasteiger partial charge is 0.271 e. The molecule has 3 aromatic carbocycles. The minimum Gasteiger partial charge on any atom is -0.508 e. The first-order chi connectivity index (χ1) is 13.9. The van der Waals surface area contributed by atoms with E-state index in [1.807, 2.05) is 19.1 Å². The molecule has 0 saturated carbocycles. The van der Waals surface area contributed by atoms with Gasteiger partial charge in [-0.25, -0.2) is 5.43 Å². The van der Waals surface area contributed by atoms with Gasteiger partial charge in [-0.3, -0.25) is 9.59 Å². The summed E-state index contributed by atoms with van der Waals surface area (Å²) in [7, 11) is 0. The number of rotatable bonds is 5. The van der Waals surface area contributed by atoms with Crippen LogP contribution < -0.4 is 10.7 Å². The molecule has 0 atom stereocenters. The summed E-state index contributed by atoms with van der Waals surface area (Å²) in [5, 5.41) is 25.5. The molecule has 2 amide bonds. The standard InChI is InChI=1S/C22H19N3O4/c1-14-4-2-3-5-19(14)22(29)24-17-9-6-15(7-10-17)21(28)25-23-13-16-8-11-18(26)12-20(16)27/h2-13,26-27H,1H3,(H,24,29)(H,25,28). The van der Waals surface area contributed by atoms with Crippen molar-refractivity contribution in [1.82, 2.24) is 5.43 Å². The summed E-state index contributed by atoms with van der Waals surface area (Å²) in [6.07, 6.45) is 1.27. The number of nitrogens with one attached hydrogen (secondary N) is 2. The molecule has 29 heavy (non-hydrogen) atoms. The number of phenols is 2. The van der Waals surface area contributed by atoms with E-state index in [-0.39, 0.29) is 17.4 Å². The van der Waals surface area contributed by atoms with Crippen LogP contribution in [-0.2, 0) is 0 Å². The Kier molecular flexibility index (Phi) is 5.89. The Morgan fingerprint density at radius 3 is 2.34 bits per heavy atom. The summed E-state index contributed by atoms with van der Waals surface area (Å²) in [6, 6.07) is 17.7. The number of phenolic OH excluding ortho intramolecular Hbond substituents is 2. The molecule has 0 aromatic heterocycles. The number of amides is 2. The lowest BCUT2D eigenvalue weighted by Crippen LogP contribution is -2.18. The highest BCUT2D eigenvalue weighted by atomic mass is 16.3. The van der Waals surface area contributed by atoms with E-state index < -0.39 is 5.91 Å². The second kappa shape index (κ2) is 8.71. The second-order valence-electron chi connectivity index (χ2n) is 6.29. The molecule has 146 valence electrons. The Hall–Kier alpha value is -4.13. The highest BCUT2D eigenvalue weighted by molar-refractivity contribution is 6.05. The number of carbonyl (C=O) groups is 2. The summed E-state index contributed by atoms with van der Waals surface area (Å²) < 4.78 is 0. The number of nitrogens with zero attached hydrogens (tertiary/aromatic N) is 1. The van der Waals surface area contributed by atoms with Crippen LogP contribution in [0.4, 0.5) is 5.69 Å². The summed E-state index contributed by atoms with van der Waals surface area (Å²) in [5.41, 5.74) is 5.07. The third kappa shape index (κ3) is 4.98. The van der Waals surface area contributed by atoms with Crippen LogP contribution in [0.3, 0.4) is 0 Å². The normalized spacial score (nSPS) is 10.7. The lowest BCUT2D eigenvalue weighted by molar-refractivity contribution is 0.0954. The van der Waals surface area contributed by atoms with Crippen molar-refractivity contribution in [2.45, 2.75) is 6.92 Å². The van der Waals surface area contributed by atoms with Gasteiger partial charge in [0, 0.05) is 28.4 Å². The van der Waals surface area contributed by atoms with Crippen molar-refractivity contribution in [3.05, 3.63) is 89.0 Å². The van der Waals surface area contributed by atoms with Gasteiger partial charge in [0.15, 0.2) is 0 Å². The van der Waals surface area contributed by atoms with Crippen LogP contribution in [0.5, 0.6) is 11.5 Å². The molecule has 0 aliphatic heterocycles. The number of carbonyl (C=O) groups excluding carboxylic acids is 2. The van der Waals surface area contributed by atoms with Gasteiger partial charge in [-0.05, 0) is 55.0 Å². The van der Waals surface area contributed by atoms with Gasteiger partial charge in [0.05, 0.1) is 6.21 Å². The molecule has 0 unspecified atom stereocenters. The zero-order chi connectivity index (χ0) is 20.8. The largest absolute Gasteiger partial charge is 0.508 e. The van der Waals surface area contributed by atoms with Gasteiger partial charge in [0.25, 0.3) is 11.8 Å². The monoisotopic (exact) mass is 389 g/mol. The van der Waals surface area contributed by atoms with Crippen molar-refractivity contribution in [2.24, 2.45) is 5.10 Å². The fourth-order valence-electron chi connectivity index (χ4n) is 2.60. The van der Waals surface area contributed by atoms with E-state index >= 15 is 0 Å². The number of anilines is 1. The molecule has 0 aliphatic rings. The number of hydrogen-bond acceptors (Lipinski definition) is 5. The first kappa shape index (κ1) is 19.6. The van der Waals surface area contributed by atoms with Gasteiger partial charge in [-0.1, -0.05) is 18.2 Å². The maximum Gasteiger partial charge on any atom is 0.271 e. The Bertz CT molecular complexity index is 1080. The average molecular weight is 389 g/mol. The maximum absolute atomic E-state index is 12.3. The number of benzene rings is 3. The van der Waals surface area contributed by atoms with E-state index in [1.165, 1.54) is 24.4 Å². The van der Waals surface area contributed by atoms with Gasteiger partial charge in [0.2, 0.25) is 0 Å². The van der Waals surface area contributed by atoms with Crippen molar-refractivity contribution in [3.63, 3.8) is 0 Å². The van der Waals surface area contributed by atoms with Crippen LogP contribution >= 0.6 is 0 Å². The minimum atomic E-state index is -0.448. The average Bonchev–Trinajstić information content (AvgIpc) is 2.70. The minimum absolute atomic E-state index is 0.0710. The Balaban J connectivity index is 1.60. The third-order valence-corrected chi connectivity index (χ3v) is 4.18. The summed E-state index contributed by atoms with van der Waals surface area (Å²) >= 11 is 0. The molecule has 0 bridgehead atoms. The first-order valence-corrected chi connectivity index (χ1v) is 8.76. The molecule has 0 fully saturated rings. The fourth-order valence-corrected chi connectivity index (χ4v) is 2.60. The van der Waals surface area contributed by atoms with Gasteiger partial charge in [0.1, 0.15) is 11.5 Å². The van der Waals surface area contributed by atoms with Gasteiger partial charge in [-0.2, -0.15) is 5.10 Å². The molecule has 4 N–H and O–H groups in total. The summed E-state index contributed by atoms with van der Waals surface area (Å²) in [5.74, 6) is -0.898. The Morgan fingerprint density at radius 1 is 0.931 bits per heavy atom. The zero-order valence-electron chi connectivity index (χ0n) is 15.6. The quantitative estimate of drug-likeness (QED) is 0.396. The van der Waals surface area contributed by atoms with Gasteiger partial charge in [-0.15, -0.1) is 0 Å². The van der Waals surface area contributed by atoms with Crippen LogP contribution in [0.15, 0.2) is 71.8 Å². The molecule has 7 heteroatoms. The number of hydrazone groups is 1. The molecular formula is C22H19N3O4. The molecule has 0 spiro atoms. The topological polar surface area (TPSA) is 111 Å². The lowest BCUT2D eigenvalue weighted by atomic mass is 10.1. The zero-order valence-corrected chi connectivity index (χ0v) is 15.6. The van der Waals surface area contributed by atoms with Crippen molar-refractivity contribution >= 4 is 23.7 Å². The molecule has 0 aliphatic carbocycles. The van der Waals surface area contributed by atoms with E-state index in [1.54, 1.807) is 36.4 Å². The summed E-state index contributed by atoms with van der Waals surface area (Å²) in [6.45, 7) is 1.86. The maximum atomic E-state index is 12.3. The highest BCUT2D eigenvalue weighted by Gasteiger charge is 2.09. The van der Waals surface area contributed by atoms with Crippen molar-refractivity contribution in [1.29, 1.82) is 0 Å². The van der Waals surface area contributed by atoms with E-state index in [2.05, 4.69) is 15.8 Å². The van der Waals surface area contributed by atoms with Gasteiger partial charge >= 0.3 is 0 Å². The lowest BCUT2D eigenvalue weighted by Gasteiger charge is -2.08. The van der Waals surface area contributed by atoms with Crippen LogP contribution in [-0.4, -0.2) is 28.2 Å². The molecular weight excluding hydrogens is 370 g/mol. The molecule has 0 heterocycles. The van der Waals surface area contributed by atoms with E-state index in [0.717, 1.165) is 5.56 Å². The van der Waals surface area contributed by atoms with Crippen LogP contribution in [0.1, 0.15) is 31.8 Å². The van der Waals surface area contributed by atoms with Crippen LogP contribution in [0, 0.1) is 6.92 Å². The molecule has 7 nitrogen and oxygen atoms in total. The molecule has 0 radical (unpaired) electrons. The second-order valence-corrected chi connectivity index (χ2v) is 6.29. The van der Waals surface area contributed by atoms with Crippen LogP contribution in [0.25, 0.3) is 0 Å². The molecule has 0 saturated heterocycles. The van der Waals surface area contributed by atoms with Crippen molar-refractivity contribution < 1.29 is 19.8 Å². The SMILES string of the molecule is Cc1ccccc1C(=O)Nc1ccc(C(=O)NN=Cc2ccc(O)cc2O)cc1. The van der Waals surface area contributed by atoms with Crippen LogP contribution in [0.2, 0.25) is 0 Å². The van der Waals surface area contributed by atoms with E-state index in [4.69, 9.17) is 0 Å². The third-order valence-electron chi connectivity index (χ3n) is 4.18. The Labute approximate surface area is 167 Å². The number of aromatic hydroxyl groups is 2. The highest BCUT2D eigenvalue weighted by Crippen LogP contribution is 2.20. The Morgan fingerprint density at radius 2 is 1.66 bits per heavy atom. The first-order valence-electron chi connectivity index (χ1n) is 8.76. The number of aryl methyl sites for hydroxylation is 1. The van der Waals surface area contributed by atoms with Gasteiger partial charge < -0.3 is 15.5 Å². The summed E-state index contributed by atoms with van der Waals surface area (Å²) in [4.78, 5) is 24.5. The van der Waals surface area contributed by atoms with E-state index in [9.17, 15) is 19.8 Å². The van der Waals surface area contributed by atoms with E-state index in [0.29, 0.717) is 22.4 Å². The fraction of sp³-hybridized carbons (Fsp3) is 0.0455. The molecule has 3 rings (SSSR count).